The summed E-state index contributed by atoms with van der Waals surface area (Å²) in [5, 5.41) is 0. The average Bonchev–Trinajstić information content (AvgIpc) is 2.37. The van der Waals surface area contributed by atoms with Gasteiger partial charge in [-0.2, -0.15) is 0 Å². The Balaban J connectivity index is 2.60. The van der Waals surface area contributed by atoms with Crippen LogP contribution in [0.3, 0.4) is 0 Å². The molecule has 0 unspecified atom stereocenters. The summed E-state index contributed by atoms with van der Waals surface area (Å²) in [5.74, 6) is 0.00252. The molecule has 0 bridgehead atoms. The maximum atomic E-state index is 12.1. The quantitative estimate of drug-likeness (QED) is 0.580. The minimum atomic E-state index is -0.499. The molecule has 2 heteroatoms. The van der Waals surface area contributed by atoms with Crippen LogP contribution in [0.2, 0.25) is 0 Å². The first-order valence-corrected chi connectivity index (χ1v) is 6.32. The first kappa shape index (κ1) is 14.5. The Morgan fingerprint density at radius 2 is 1.94 bits per heavy atom. The highest BCUT2D eigenvalue weighted by atomic mass is 16.5. The van der Waals surface area contributed by atoms with E-state index >= 15 is 0 Å². The highest BCUT2D eigenvalue weighted by Gasteiger charge is 2.33. The fourth-order valence-electron chi connectivity index (χ4n) is 1.62. The van der Waals surface area contributed by atoms with Crippen molar-refractivity contribution >= 4 is 5.97 Å². The van der Waals surface area contributed by atoms with E-state index in [0.717, 1.165) is 5.56 Å². The van der Waals surface area contributed by atoms with Gasteiger partial charge in [-0.1, -0.05) is 49.4 Å². The molecule has 1 aromatic rings. The van der Waals surface area contributed by atoms with Crippen LogP contribution >= 0.6 is 0 Å². The molecule has 0 heterocycles. The maximum absolute atomic E-state index is 12.1. The van der Waals surface area contributed by atoms with Gasteiger partial charge in [0.2, 0.25) is 0 Å². The molecule has 1 aromatic carbocycles. The van der Waals surface area contributed by atoms with Crippen LogP contribution in [0.4, 0.5) is 0 Å². The Morgan fingerprint density at radius 3 is 2.50 bits per heavy atom. The van der Waals surface area contributed by atoms with E-state index in [2.05, 4.69) is 0 Å². The van der Waals surface area contributed by atoms with Gasteiger partial charge in [-0.15, -0.1) is 0 Å². The van der Waals surface area contributed by atoms with E-state index in [0.29, 0.717) is 6.61 Å². The van der Waals surface area contributed by atoms with Crippen LogP contribution in [-0.2, 0) is 16.1 Å². The molecule has 98 valence electrons. The third kappa shape index (κ3) is 3.73. The van der Waals surface area contributed by atoms with E-state index in [1.165, 1.54) is 0 Å². The SMILES string of the molecule is C/C=C/[C@H](C)C(C)(C)C(=O)OCc1ccccc1. The molecule has 0 spiro atoms. The van der Waals surface area contributed by atoms with Gasteiger partial charge in [0.1, 0.15) is 6.61 Å². The fourth-order valence-corrected chi connectivity index (χ4v) is 1.62. The molecule has 1 atom stereocenters. The van der Waals surface area contributed by atoms with Gasteiger partial charge >= 0.3 is 5.97 Å². The molecule has 0 aromatic heterocycles. The molecule has 18 heavy (non-hydrogen) atoms. The first-order valence-electron chi connectivity index (χ1n) is 6.32. The predicted molar refractivity (Wildman–Crippen MR) is 74.0 cm³/mol. The minimum Gasteiger partial charge on any atom is -0.460 e. The monoisotopic (exact) mass is 246 g/mol. The van der Waals surface area contributed by atoms with Crippen LogP contribution < -0.4 is 0 Å². The summed E-state index contributed by atoms with van der Waals surface area (Å²) in [5.41, 5.74) is 0.515. The van der Waals surface area contributed by atoms with Crippen LogP contribution in [-0.4, -0.2) is 5.97 Å². The molecule has 0 saturated carbocycles. The Bertz CT molecular complexity index is 404. The molecule has 0 aliphatic rings. The van der Waals surface area contributed by atoms with E-state index in [-0.39, 0.29) is 11.9 Å². The molecule has 0 fully saturated rings. The molecule has 1 rings (SSSR count). The summed E-state index contributed by atoms with van der Waals surface area (Å²) in [4.78, 5) is 12.1. The molecule has 0 radical (unpaired) electrons. The van der Waals surface area contributed by atoms with Gasteiger partial charge < -0.3 is 4.74 Å². The minimum absolute atomic E-state index is 0.156. The molecular formula is C16H22O2. The van der Waals surface area contributed by atoms with Gasteiger partial charge in [-0.05, 0) is 32.3 Å². The van der Waals surface area contributed by atoms with Gasteiger partial charge in [0.15, 0.2) is 0 Å². The van der Waals surface area contributed by atoms with Gasteiger partial charge in [-0.25, -0.2) is 0 Å². The lowest BCUT2D eigenvalue weighted by Crippen LogP contribution is -2.32. The lowest BCUT2D eigenvalue weighted by Gasteiger charge is -2.27. The Hall–Kier alpha value is -1.57. The number of rotatable bonds is 5. The Labute approximate surface area is 110 Å². The second kappa shape index (κ2) is 6.39. The average molecular weight is 246 g/mol. The molecular weight excluding hydrogens is 224 g/mol. The van der Waals surface area contributed by atoms with Crippen LogP contribution in [0.1, 0.15) is 33.3 Å². The van der Waals surface area contributed by atoms with Crippen molar-refractivity contribution in [3.8, 4) is 0 Å². The zero-order valence-corrected chi connectivity index (χ0v) is 11.6. The first-order chi connectivity index (χ1) is 8.48. The standard InChI is InChI=1S/C16H22O2/c1-5-9-13(2)16(3,4)15(17)18-12-14-10-7-6-8-11-14/h5-11,13H,12H2,1-4H3/b9-5+/t13-/m0/s1. The molecule has 0 aliphatic heterocycles. The zero-order chi connectivity index (χ0) is 13.6. The zero-order valence-electron chi connectivity index (χ0n) is 11.6. The summed E-state index contributed by atoms with van der Waals surface area (Å²) in [6, 6.07) is 9.74. The van der Waals surface area contributed by atoms with Crippen LogP contribution in [0.5, 0.6) is 0 Å². The summed E-state index contributed by atoms with van der Waals surface area (Å²) in [7, 11) is 0. The largest absolute Gasteiger partial charge is 0.460 e. The summed E-state index contributed by atoms with van der Waals surface area (Å²) in [6.07, 6.45) is 4.00. The smallest absolute Gasteiger partial charge is 0.312 e. The number of hydrogen-bond donors (Lipinski definition) is 0. The second-order valence-corrected chi connectivity index (χ2v) is 5.10. The third-order valence-corrected chi connectivity index (χ3v) is 3.36. The van der Waals surface area contributed by atoms with Crippen molar-refractivity contribution < 1.29 is 9.53 Å². The van der Waals surface area contributed by atoms with Gasteiger partial charge in [0.25, 0.3) is 0 Å². The lowest BCUT2D eigenvalue weighted by molar-refractivity contribution is -0.157. The normalized spacial score (nSPS) is 13.6. The van der Waals surface area contributed by atoms with Crippen molar-refractivity contribution in [1.82, 2.24) is 0 Å². The predicted octanol–water partition coefficient (Wildman–Crippen LogP) is 3.97. The number of hydrogen-bond acceptors (Lipinski definition) is 2. The summed E-state index contributed by atoms with van der Waals surface area (Å²) in [6.45, 7) is 8.17. The number of carbonyl (C=O) groups excluding carboxylic acids is 1. The fraction of sp³-hybridized carbons (Fsp3) is 0.438. The van der Waals surface area contributed by atoms with Gasteiger partial charge in [0, 0.05) is 0 Å². The van der Waals surface area contributed by atoms with Crippen molar-refractivity contribution in [3.05, 3.63) is 48.0 Å². The summed E-state index contributed by atoms with van der Waals surface area (Å²) >= 11 is 0. The highest BCUT2D eigenvalue weighted by molar-refractivity contribution is 5.76. The number of carbonyl (C=O) groups is 1. The third-order valence-electron chi connectivity index (χ3n) is 3.36. The van der Waals surface area contributed by atoms with Crippen molar-refractivity contribution in [1.29, 1.82) is 0 Å². The lowest BCUT2D eigenvalue weighted by atomic mass is 9.80. The van der Waals surface area contributed by atoms with E-state index in [4.69, 9.17) is 4.74 Å². The molecule has 0 amide bonds. The molecule has 0 N–H and O–H groups in total. The van der Waals surface area contributed by atoms with Crippen LogP contribution in [0.25, 0.3) is 0 Å². The van der Waals surface area contributed by atoms with Gasteiger partial charge in [-0.3, -0.25) is 4.79 Å². The molecule has 0 saturated heterocycles. The Kier molecular flexibility index (Phi) is 5.14. The van der Waals surface area contributed by atoms with Gasteiger partial charge in [0.05, 0.1) is 5.41 Å². The van der Waals surface area contributed by atoms with E-state index in [1.807, 2.05) is 70.2 Å². The van der Waals surface area contributed by atoms with Crippen molar-refractivity contribution in [2.45, 2.75) is 34.3 Å². The maximum Gasteiger partial charge on any atom is 0.312 e. The van der Waals surface area contributed by atoms with E-state index in [9.17, 15) is 4.79 Å². The number of benzene rings is 1. The topological polar surface area (TPSA) is 26.3 Å². The number of ether oxygens (including phenoxy) is 1. The second-order valence-electron chi connectivity index (χ2n) is 5.10. The molecule has 0 aliphatic carbocycles. The van der Waals surface area contributed by atoms with Crippen molar-refractivity contribution in [2.24, 2.45) is 11.3 Å². The molecule has 2 nitrogen and oxygen atoms in total. The highest BCUT2D eigenvalue weighted by Crippen LogP contribution is 2.29. The van der Waals surface area contributed by atoms with E-state index in [1.54, 1.807) is 0 Å². The number of allylic oxidation sites excluding steroid dienone is 2. The van der Waals surface area contributed by atoms with Crippen LogP contribution in [0.15, 0.2) is 42.5 Å². The van der Waals surface area contributed by atoms with Crippen LogP contribution in [0, 0.1) is 11.3 Å². The Morgan fingerprint density at radius 1 is 1.33 bits per heavy atom. The van der Waals surface area contributed by atoms with Crippen molar-refractivity contribution in [2.75, 3.05) is 0 Å². The van der Waals surface area contributed by atoms with E-state index < -0.39 is 5.41 Å². The number of esters is 1. The van der Waals surface area contributed by atoms with Crippen molar-refractivity contribution in [3.63, 3.8) is 0 Å². The summed E-state index contributed by atoms with van der Waals surface area (Å²) < 4.78 is 5.39.